The van der Waals surface area contributed by atoms with Crippen molar-refractivity contribution >= 4 is 5.97 Å². The molecule has 0 aliphatic heterocycles. The highest BCUT2D eigenvalue weighted by molar-refractivity contribution is 5.86. The number of carbonyl (C=O) groups is 1. The second-order valence-corrected chi connectivity index (χ2v) is 3.18. The first-order valence-corrected chi connectivity index (χ1v) is 5.14. The quantitative estimate of drug-likeness (QED) is 0.372. The van der Waals surface area contributed by atoms with Crippen LogP contribution in [0.2, 0.25) is 0 Å². The molecule has 15 heavy (non-hydrogen) atoms. The van der Waals surface area contributed by atoms with Crippen LogP contribution >= 0.6 is 0 Å². The SMILES string of the molecule is C=C(C)C(=O)OC(C)OC(CC)OCC. The molecule has 88 valence electrons. The molecule has 0 aromatic carbocycles. The van der Waals surface area contributed by atoms with Crippen LogP contribution in [0, 0.1) is 0 Å². The number of carbonyl (C=O) groups excluding carboxylic acids is 1. The van der Waals surface area contributed by atoms with Gasteiger partial charge in [-0.15, -0.1) is 0 Å². The summed E-state index contributed by atoms with van der Waals surface area (Å²) in [5.74, 6) is -0.450. The molecule has 0 aromatic rings. The van der Waals surface area contributed by atoms with E-state index in [1.165, 1.54) is 0 Å². The average molecular weight is 216 g/mol. The fourth-order valence-corrected chi connectivity index (χ4v) is 0.932. The van der Waals surface area contributed by atoms with Gasteiger partial charge in [-0.25, -0.2) is 4.79 Å². The molecule has 0 saturated heterocycles. The highest BCUT2D eigenvalue weighted by atomic mass is 16.8. The van der Waals surface area contributed by atoms with Crippen LogP contribution in [0.4, 0.5) is 0 Å². The second kappa shape index (κ2) is 7.43. The molecule has 2 unspecified atom stereocenters. The molecule has 0 rings (SSSR count). The summed E-state index contributed by atoms with van der Waals surface area (Å²) < 4.78 is 15.6. The standard InChI is InChI=1S/C11H20O4/c1-6-10(13-7-2)14-9(5)15-11(12)8(3)4/h9-10H,3,6-7H2,1-2,4-5H3. The first-order chi connectivity index (χ1) is 7.01. The fourth-order valence-electron chi connectivity index (χ4n) is 0.932. The lowest BCUT2D eigenvalue weighted by atomic mass is 10.4. The summed E-state index contributed by atoms with van der Waals surface area (Å²) in [6.45, 7) is 11.1. The third-order valence-electron chi connectivity index (χ3n) is 1.65. The normalized spacial score (nSPS) is 14.4. The Morgan fingerprint density at radius 2 is 2.00 bits per heavy atom. The van der Waals surface area contributed by atoms with E-state index in [9.17, 15) is 4.79 Å². The number of rotatable bonds is 7. The Morgan fingerprint density at radius 1 is 1.40 bits per heavy atom. The minimum atomic E-state index is -0.620. The van der Waals surface area contributed by atoms with Crippen LogP contribution in [0.3, 0.4) is 0 Å². The van der Waals surface area contributed by atoms with Crippen LogP contribution in [0.15, 0.2) is 12.2 Å². The fraction of sp³-hybridized carbons (Fsp3) is 0.727. The van der Waals surface area contributed by atoms with Crippen molar-refractivity contribution < 1.29 is 19.0 Å². The maximum atomic E-state index is 11.1. The Balaban J connectivity index is 3.94. The molecule has 0 spiro atoms. The van der Waals surface area contributed by atoms with Gasteiger partial charge in [-0.1, -0.05) is 13.5 Å². The number of esters is 1. The van der Waals surface area contributed by atoms with E-state index in [0.29, 0.717) is 18.6 Å². The van der Waals surface area contributed by atoms with Crippen LogP contribution in [0.25, 0.3) is 0 Å². The summed E-state index contributed by atoms with van der Waals surface area (Å²) >= 11 is 0. The highest BCUT2D eigenvalue weighted by Gasteiger charge is 2.15. The molecule has 0 aromatic heterocycles. The Kier molecular flexibility index (Phi) is 6.99. The van der Waals surface area contributed by atoms with Crippen molar-refractivity contribution in [1.82, 2.24) is 0 Å². The maximum Gasteiger partial charge on any atom is 0.335 e. The van der Waals surface area contributed by atoms with Gasteiger partial charge < -0.3 is 14.2 Å². The minimum Gasteiger partial charge on any atom is -0.433 e. The molecule has 2 atom stereocenters. The molecule has 0 radical (unpaired) electrons. The van der Waals surface area contributed by atoms with Crippen molar-refractivity contribution in [1.29, 1.82) is 0 Å². The van der Waals surface area contributed by atoms with Gasteiger partial charge in [0.2, 0.25) is 6.29 Å². The molecule has 4 heteroatoms. The molecule has 0 aliphatic carbocycles. The van der Waals surface area contributed by atoms with Gasteiger partial charge in [-0.3, -0.25) is 0 Å². The average Bonchev–Trinajstić information content (AvgIpc) is 2.16. The zero-order chi connectivity index (χ0) is 11.8. The summed E-state index contributed by atoms with van der Waals surface area (Å²) in [6.07, 6.45) is -0.239. The molecule has 0 bridgehead atoms. The maximum absolute atomic E-state index is 11.1. The summed E-state index contributed by atoms with van der Waals surface area (Å²) in [6, 6.07) is 0. The third kappa shape index (κ3) is 6.25. The van der Waals surface area contributed by atoms with Gasteiger partial charge in [0.15, 0.2) is 6.29 Å². The zero-order valence-electron chi connectivity index (χ0n) is 9.91. The van der Waals surface area contributed by atoms with Crippen LogP contribution in [-0.2, 0) is 19.0 Å². The Hall–Kier alpha value is -0.870. The minimum absolute atomic E-state index is 0.331. The third-order valence-corrected chi connectivity index (χ3v) is 1.65. The Morgan fingerprint density at radius 3 is 2.40 bits per heavy atom. The molecule has 0 fully saturated rings. The van der Waals surface area contributed by atoms with Crippen molar-refractivity contribution in [2.45, 2.75) is 46.7 Å². The van der Waals surface area contributed by atoms with E-state index >= 15 is 0 Å². The van der Waals surface area contributed by atoms with Gasteiger partial charge in [-0.05, 0) is 27.2 Å². The van der Waals surface area contributed by atoms with Gasteiger partial charge in [0.05, 0.1) is 0 Å². The van der Waals surface area contributed by atoms with Crippen LogP contribution < -0.4 is 0 Å². The number of hydrogen-bond donors (Lipinski definition) is 0. The summed E-state index contributed by atoms with van der Waals surface area (Å²) in [5.41, 5.74) is 0.356. The van der Waals surface area contributed by atoms with Crippen molar-refractivity contribution in [3.8, 4) is 0 Å². The summed E-state index contributed by atoms with van der Waals surface area (Å²) in [4.78, 5) is 11.1. The predicted molar refractivity (Wildman–Crippen MR) is 57.2 cm³/mol. The van der Waals surface area contributed by atoms with Crippen molar-refractivity contribution in [2.24, 2.45) is 0 Å². The summed E-state index contributed by atoms with van der Waals surface area (Å²) in [5, 5.41) is 0. The highest BCUT2D eigenvalue weighted by Crippen LogP contribution is 2.07. The van der Waals surface area contributed by atoms with Crippen molar-refractivity contribution in [2.75, 3.05) is 6.61 Å². The molecular weight excluding hydrogens is 196 g/mol. The van der Waals surface area contributed by atoms with E-state index in [1.807, 2.05) is 13.8 Å². The van der Waals surface area contributed by atoms with Gasteiger partial charge in [0.1, 0.15) is 0 Å². The Bertz CT molecular complexity index is 213. The van der Waals surface area contributed by atoms with Crippen molar-refractivity contribution in [3.63, 3.8) is 0 Å². The topological polar surface area (TPSA) is 44.8 Å². The predicted octanol–water partition coefficient (Wildman–Crippen LogP) is 2.24. The largest absolute Gasteiger partial charge is 0.433 e. The number of hydrogen-bond acceptors (Lipinski definition) is 4. The van der Waals surface area contributed by atoms with E-state index in [0.717, 1.165) is 0 Å². The second-order valence-electron chi connectivity index (χ2n) is 3.18. The zero-order valence-corrected chi connectivity index (χ0v) is 9.91. The molecule has 0 N–H and O–H groups in total. The lowest BCUT2D eigenvalue weighted by Gasteiger charge is -2.21. The summed E-state index contributed by atoms with van der Waals surface area (Å²) in [7, 11) is 0. The van der Waals surface area contributed by atoms with Gasteiger partial charge >= 0.3 is 5.97 Å². The van der Waals surface area contributed by atoms with E-state index in [4.69, 9.17) is 14.2 Å². The van der Waals surface area contributed by atoms with Gasteiger partial charge in [0.25, 0.3) is 0 Å². The van der Waals surface area contributed by atoms with Crippen LogP contribution in [0.1, 0.15) is 34.1 Å². The monoisotopic (exact) mass is 216 g/mol. The van der Waals surface area contributed by atoms with Gasteiger partial charge in [-0.2, -0.15) is 0 Å². The molecule has 0 aliphatic rings. The van der Waals surface area contributed by atoms with Gasteiger partial charge in [0, 0.05) is 12.2 Å². The molecule has 4 nitrogen and oxygen atoms in total. The van der Waals surface area contributed by atoms with Crippen LogP contribution in [-0.4, -0.2) is 25.2 Å². The molecular formula is C11H20O4. The first-order valence-electron chi connectivity index (χ1n) is 5.14. The molecule has 0 saturated carbocycles. The van der Waals surface area contributed by atoms with Crippen molar-refractivity contribution in [3.05, 3.63) is 12.2 Å². The Labute approximate surface area is 91.2 Å². The van der Waals surface area contributed by atoms with E-state index < -0.39 is 12.3 Å². The van der Waals surface area contributed by atoms with E-state index in [2.05, 4.69) is 6.58 Å². The van der Waals surface area contributed by atoms with E-state index in [-0.39, 0.29) is 6.29 Å². The lowest BCUT2D eigenvalue weighted by molar-refractivity contribution is -0.232. The lowest BCUT2D eigenvalue weighted by Crippen LogP contribution is -2.26. The first kappa shape index (κ1) is 14.1. The van der Waals surface area contributed by atoms with E-state index in [1.54, 1.807) is 13.8 Å². The molecule has 0 amide bonds. The smallest absolute Gasteiger partial charge is 0.335 e. The number of ether oxygens (including phenoxy) is 3. The molecule has 0 heterocycles. The van der Waals surface area contributed by atoms with Crippen LogP contribution in [0.5, 0.6) is 0 Å².